The Morgan fingerprint density at radius 1 is 1.28 bits per heavy atom. The number of carbonyl (C=O) groups is 1. The number of rotatable bonds is 9. The number of hydrogen-bond acceptors (Lipinski definition) is 6. The van der Waals surface area contributed by atoms with E-state index in [9.17, 15) is 4.79 Å². The molecule has 136 valence electrons. The lowest BCUT2D eigenvalue weighted by Gasteiger charge is -2.17. The van der Waals surface area contributed by atoms with Crippen LogP contribution in [0, 0.1) is 0 Å². The quantitative estimate of drug-likeness (QED) is 0.715. The summed E-state index contributed by atoms with van der Waals surface area (Å²) in [4.78, 5) is 16.7. The molecule has 1 heterocycles. The van der Waals surface area contributed by atoms with E-state index < -0.39 is 0 Å². The molecule has 2 aromatic rings. The molecule has 0 saturated heterocycles. The van der Waals surface area contributed by atoms with Crippen molar-refractivity contribution in [1.29, 1.82) is 0 Å². The lowest BCUT2D eigenvalue weighted by molar-refractivity contribution is 0.0935. The van der Waals surface area contributed by atoms with Gasteiger partial charge >= 0.3 is 0 Å². The van der Waals surface area contributed by atoms with Gasteiger partial charge in [0.1, 0.15) is 5.69 Å². The van der Waals surface area contributed by atoms with Gasteiger partial charge in [-0.2, -0.15) is 0 Å². The molecule has 1 aromatic heterocycles. The zero-order valence-electron chi connectivity index (χ0n) is 14.9. The monoisotopic (exact) mass is 363 g/mol. The summed E-state index contributed by atoms with van der Waals surface area (Å²) in [6.07, 6.45) is 0.685. The van der Waals surface area contributed by atoms with Gasteiger partial charge in [-0.25, -0.2) is 4.98 Å². The maximum absolute atomic E-state index is 12.4. The smallest absolute Gasteiger partial charge is 0.271 e. The van der Waals surface area contributed by atoms with Crippen LogP contribution >= 0.6 is 11.3 Å². The van der Waals surface area contributed by atoms with Crippen LogP contribution in [-0.4, -0.2) is 30.6 Å². The highest BCUT2D eigenvalue weighted by Crippen LogP contribution is 2.30. The Hall–Kier alpha value is -2.12. The molecular weight excluding hydrogens is 338 g/mol. The molecule has 0 bridgehead atoms. The van der Waals surface area contributed by atoms with E-state index in [2.05, 4.69) is 10.3 Å². The van der Waals surface area contributed by atoms with E-state index >= 15 is 0 Å². The Labute approximate surface area is 152 Å². The van der Waals surface area contributed by atoms with Crippen LogP contribution in [0.5, 0.6) is 11.5 Å². The Morgan fingerprint density at radius 3 is 2.68 bits per heavy atom. The first-order valence-corrected chi connectivity index (χ1v) is 9.31. The Kier molecular flexibility index (Phi) is 7.21. The first-order valence-electron chi connectivity index (χ1n) is 8.43. The van der Waals surface area contributed by atoms with E-state index in [1.165, 1.54) is 11.3 Å². The van der Waals surface area contributed by atoms with Gasteiger partial charge in [0.15, 0.2) is 11.5 Å². The van der Waals surface area contributed by atoms with Gasteiger partial charge in [-0.05, 0) is 45.0 Å². The van der Waals surface area contributed by atoms with E-state index in [4.69, 9.17) is 15.2 Å². The maximum atomic E-state index is 12.4. The molecule has 1 unspecified atom stereocenters. The Bertz CT molecular complexity index is 703. The van der Waals surface area contributed by atoms with Gasteiger partial charge in [0.25, 0.3) is 5.91 Å². The average molecular weight is 363 g/mol. The largest absolute Gasteiger partial charge is 0.490 e. The molecule has 0 aliphatic rings. The minimum Gasteiger partial charge on any atom is -0.490 e. The van der Waals surface area contributed by atoms with Crippen LogP contribution in [0.25, 0.3) is 0 Å². The standard InChI is InChI=1S/C18H25N3O3S/c1-4-23-15-7-6-13(10-16(15)24-5-2)12(3)20-18(22)14-11-25-17(21-14)8-9-19/h6-7,10-12H,4-5,8-9,19H2,1-3H3,(H,20,22). The first-order chi connectivity index (χ1) is 12.1. The molecule has 0 aliphatic carbocycles. The molecular formula is C18H25N3O3S. The summed E-state index contributed by atoms with van der Waals surface area (Å²) >= 11 is 1.45. The minimum atomic E-state index is -0.195. The van der Waals surface area contributed by atoms with Crippen molar-refractivity contribution in [1.82, 2.24) is 10.3 Å². The van der Waals surface area contributed by atoms with Crippen molar-refractivity contribution < 1.29 is 14.3 Å². The van der Waals surface area contributed by atoms with Gasteiger partial charge in [-0.15, -0.1) is 11.3 Å². The van der Waals surface area contributed by atoms with Crippen molar-refractivity contribution in [2.45, 2.75) is 33.2 Å². The highest BCUT2D eigenvalue weighted by molar-refractivity contribution is 7.09. The highest BCUT2D eigenvalue weighted by Gasteiger charge is 2.16. The molecule has 0 fully saturated rings. The van der Waals surface area contributed by atoms with Crippen molar-refractivity contribution in [3.05, 3.63) is 39.8 Å². The molecule has 0 aliphatic heterocycles. The molecule has 0 radical (unpaired) electrons. The second kappa shape index (κ2) is 9.39. The lowest BCUT2D eigenvalue weighted by Crippen LogP contribution is -2.27. The predicted molar refractivity (Wildman–Crippen MR) is 99.5 cm³/mol. The van der Waals surface area contributed by atoms with Crippen molar-refractivity contribution in [3.63, 3.8) is 0 Å². The third-order valence-corrected chi connectivity index (χ3v) is 4.47. The molecule has 2 rings (SSSR count). The van der Waals surface area contributed by atoms with Crippen LogP contribution in [0.2, 0.25) is 0 Å². The van der Waals surface area contributed by atoms with Crippen molar-refractivity contribution >= 4 is 17.2 Å². The van der Waals surface area contributed by atoms with E-state index in [1.807, 2.05) is 39.0 Å². The fraction of sp³-hybridized carbons (Fsp3) is 0.444. The number of nitrogens with one attached hydrogen (secondary N) is 1. The summed E-state index contributed by atoms with van der Waals surface area (Å²) < 4.78 is 11.2. The van der Waals surface area contributed by atoms with Crippen LogP contribution < -0.4 is 20.5 Å². The average Bonchev–Trinajstić information content (AvgIpc) is 3.06. The lowest BCUT2D eigenvalue weighted by atomic mass is 10.1. The third kappa shape index (κ3) is 5.17. The normalized spacial score (nSPS) is 11.8. The number of benzene rings is 1. The number of amides is 1. The third-order valence-electron chi connectivity index (χ3n) is 3.56. The fourth-order valence-electron chi connectivity index (χ4n) is 2.34. The number of nitrogens with zero attached hydrogens (tertiary/aromatic N) is 1. The van der Waals surface area contributed by atoms with Crippen molar-refractivity contribution in [2.75, 3.05) is 19.8 Å². The van der Waals surface area contributed by atoms with Crippen LogP contribution in [0.15, 0.2) is 23.6 Å². The number of carbonyl (C=O) groups excluding carboxylic acids is 1. The second-order valence-corrected chi connectivity index (χ2v) is 6.38. The zero-order valence-corrected chi connectivity index (χ0v) is 15.7. The SMILES string of the molecule is CCOc1ccc(C(C)NC(=O)c2csc(CCN)n2)cc1OCC. The van der Waals surface area contributed by atoms with E-state index in [0.29, 0.717) is 43.4 Å². The van der Waals surface area contributed by atoms with Crippen LogP contribution in [0.3, 0.4) is 0 Å². The molecule has 0 saturated carbocycles. The number of ether oxygens (including phenoxy) is 2. The van der Waals surface area contributed by atoms with Crippen molar-refractivity contribution in [3.8, 4) is 11.5 Å². The second-order valence-electron chi connectivity index (χ2n) is 5.43. The number of thiazole rings is 1. The molecule has 3 N–H and O–H groups in total. The van der Waals surface area contributed by atoms with Crippen LogP contribution in [0.1, 0.15) is 47.9 Å². The molecule has 6 nitrogen and oxygen atoms in total. The fourth-order valence-corrected chi connectivity index (χ4v) is 3.14. The number of aromatic nitrogens is 1. The highest BCUT2D eigenvalue weighted by atomic mass is 32.1. The van der Waals surface area contributed by atoms with Crippen LogP contribution in [-0.2, 0) is 6.42 Å². The van der Waals surface area contributed by atoms with E-state index in [-0.39, 0.29) is 11.9 Å². The Balaban J connectivity index is 2.09. The van der Waals surface area contributed by atoms with Crippen molar-refractivity contribution in [2.24, 2.45) is 5.73 Å². The minimum absolute atomic E-state index is 0.179. The van der Waals surface area contributed by atoms with Gasteiger partial charge in [0, 0.05) is 11.8 Å². The molecule has 25 heavy (non-hydrogen) atoms. The molecule has 0 spiro atoms. The molecule has 1 aromatic carbocycles. The molecule has 7 heteroatoms. The van der Waals surface area contributed by atoms with Gasteiger partial charge in [0.2, 0.25) is 0 Å². The van der Waals surface area contributed by atoms with Gasteiger partial charge in [0.05, 0.1) is 24.3 Å². The summed E-state index contributed by atoms with van der Waals surface area (Å²) in [5.74, 6) is 1.19. The maximum Gasteiger partial charge on any atom is 0.271 e. The summed E-state index contributed by atoms with van der Waals surface area (Å²) in [6.45, 7) is 7.43. The number of hydrogen-bond donors (Lipinski definition) is 2. The van der Waals surface area contributed by atoms with E-state index in [0.717, 1.165) is 10.6 Å². The summed E-state index contributed by atoms with van der Waals surface area (Å²) in [5.41, 5.74) is 6.89. The van der Waals surface area contributed by atoms with E-state index in [1.54, 1.807) is 5.38 Å². The summed E-state index contributed by atoms with van der Waals surface area (Å²) in [6, 6.07) is 5.52. The molecule has 1 atom stereocenters. The van der Waals surface area contributed by atoms with Gasteiger partial charge in [-0.1, -0.05) is 6.07 Å². The summed E-state index contributed by atoms with van der Waals surface area (Å²) in [7, 11) is 0. The number of nitrogens with two attached hydrogens (primary N) is 1. The predicted octanol–water partition coefficient (Wildman–Crippen LogP) is 2.93. The summed E-state index contributed by atoms with van der Waals surface area (Å²) in [5, 5.41) is 5.60. The first kappa shape index (κ1) is 19.2. The Morgan fingerprint density at radius 2 is 2.00 bits per heavy atom. The topological polar surface area (TPSA) is 86.5 Å². The van der Waals surface area contributed by atoms with Crippen LogP contribution in [0.4, 0.5) is 0 Å². The molecule has 1 amide bonds. The van der Waals surface area contributed by atoms with Gasteiger partial charge < -0.3 is 20.5 Å². The van der Waals surface area contributed by atoms with Gasteiger partial charge in [-0.3, -0.25) is 4.79 Å². The zero-order chi connectivity index (χ0) is 18.2.